The molecule has 0 radical (unpaired) electrons. The second-order valence-corrected chi connectivity index (χ2v) is 35.4. The normalized spacial score (nSPS) is 20.0. The van der Waals surface area contributed by atoms with E-state index in [0.717, 1.165) is 114 Å². The van der Waals surface area contributed by atoms with E-state index in [0.29, 0.717) is 87.4 Å². The summed E-state index contributed by atoms with van der Waals surface area (Å²) in [4.78, 5) is 54.1. The van der Waals surface area contributed by atoms with E-state index >= 15 is 35.1 Å². The average Bonchev–Trinajstić information content (AvgIpc) is 1.05. The minimum absolute atomic E-state index is 0.0112. The average molecular weight is 1800 g/mol. The van der Waals surface area contributed by atoms with Crippen LogP contribution in [0.15, 0.2) is 143 Å². The van der Waals surface area contributed by atoms with Crippen molar-refractivity contribution in [2.75, 3.05) is 39.8 Å². The molecular weight excluding hydrogens is 1710 g/mol. The number of halogens is 13. The highest BCUT2D eigenvalue weighted by Crippen LogP contribution is 2.52. The number of nitrogens with zero attached hydrogens (tertiary/aromatic N) is 5. The highest BCUT2D eigenvalue weighted by molar-refractivity contribution is 5.88. The Morgan fingerprint density at radius 2 is 0.752 bits per heavy atom. The van der Waals surface area contributed by atoms with E-state index < -0.39 is 123 Å². The Bertz CT molecular complexity index is 5930. The Morgan fingerprint density at radius 1 is 0.403 bits per heavy atom. The number of carboxylic acids is 4. The van der Waals surface area contributed by atoms with Crippen LogP contribution in [0.5, 0.6) is 23.0 Å². The topological polar surface area (TPSA) is 238 Å². The fraction of sp³-hybridized carbons (Fsp3) is 0.351. The van der Waals surface area contributed by atoms with Gasteiger partial charge in [-0.1, -0.05) is 18.2 Å². The molecule has 19 nitrogen and oxygen atoms in total. The Hall–Kier alpha value is -12.3. The maximum atomic E-state index is 15.3. The number of hydrogen-bond acceptors (Lipinski definition) is 15. The van der Waals surface area contributed by atoms with Crippen LogP contribution in [-0.4, -0.2) is 155 Å². The molecule has 0 spiro atoms. The summed E-state index contributed by atoms with van der Waals surface area (Å²) in [5.74, 6) is -10.1. The molecule has 2 aromatic heterocycles. The summed E-state index contributed by atoms with van der Waals surface area (Å²) in [6.45, 7) is 18.7. The predicted molar refractivity (Wildman–Crippen MR) is 455 cm³/mol. The van der Waals surface area contributed by atoms with Crippen molar-refractivity contribution >= 4 is 70.3 Å². The second kappa shape index (κ2) is 37.4. The van der Waals surface area contributed by atoms with Gasteiger partial charge in [-0.3, -0.25) is 19.6 Å². The van der Waals surface area contributed by atoms with Gasteiger partial charge in [0.1, 0.15) is 86.5 Å². The monoisotopic (exact) mass is 1800 g/mol. The second-order valence-electron chi connectivity index (χ2n) is 35.4. The smallest absolute Gasteiger partial charge is 0.328 e. The number of oxazole rings is 1. The van der Waals surface area contributed by atoms with E-state index in [4.69, 9.17) is 48.2 Å². The van der Waals surface area contributed by atoms with Crippen LogP contribution in [0.3, 0.4) is 0 Å². The third-order valence-corrected chi connectivity index (χ3v) is 22.9. The van der Waals surface area contributed by atoms with Crippen LogP contribution in [0.4, 0.5) is 57.1 Å². The zero-order valence-electron chi connectivity index (χ0n) is 72.2. The molecule has 0 amide bonds. The SMILES string of the molecule is CC1Cc2c(ccc3c2OCO3)C(c2c(F)cc(/C=C/C(=O)O)cc2F)N1CC(C)(C)F.CC1Cc2c(oc3c(F)cccc23)C(c2c(F)cc(/C=C/C(=O)O)cc2F)N1CC(C)(C)F.CC1Cc2cc3c(cc2C(c2c(F)cc(/C=C/C(=O)O)cc2F)N1CC(C)(C)F)OCO3.CC1Cc2cc3ocnc3cc2C(c2c(F)cc(/C=C/C(=O)O)cc2F)N1CC(C)(C)F. The number of para-hydroxylation sites is 1. The summed E-state index contributed by atoms with van der Waals surface area (Å²) in [6, 6.07) is 18.8. The Kier molecular flexibility index (Phi) is 27.4. The maximum absolute atomic E-state index is 15.3. The van der Waals surface area contributed by atoms with Gasteiger partial charge in [0.2, 0.25) is 13.6 Å². The lowest BCUT2D eigenvalue weighted by atomic mass is 9.83. The standard InChI is InChI=1S/C25H23F4NO3.C24H23F3N2O3.2C24H24F3NO4/c1-13-9-16-15-5-4-6-17(26)23(15)33-24(16)22(30(13)12-25(2,3)29)21-18(27)10-14(11-19(21)28)7-8-20(31)32;1-13-6-15-9-20-19(28-12-32-20)10-16(15)23(29(13)11-24(2,3)27)22-17(25)7-14(8-18(22)26)4-5-21(30)31;1-13-8-16-15(5-6-19-23(16)32-12-31-19)22(28(13)11-24(2,3)27)21-17(25)9-14(10-18(21)26)4-7-20(29)30;1-13-6-15-9-19-20(32-12-31-19)10-16(15)23(28(13)11-24(2,3)27)22-17(25)7-14(8-18(22)26)4-5-21(29)30/h4-8,10-11,13,22H,9,12H2,1-3H3,(H,31,32);4-5,7-10,12-13,23H,6,11H2,1-3H3,(H,30,31);4-7,9-10,13,22H,8,11-12H2,1-3H3,(H,29,30);4-5,7-10,13,23H,6,11-12H2,1-3H3,(H,29,30)/b8-7+;5-4+;7-4+;5-4+. The highest BCUT2D eigenvalue weighted by Gasteiger charge is 2.47. The van der Waals surface area contributed by atoms with Crippen molar-refractivity contribution < 1.29 is 124 Å². The molecule has 8 atom stereocenters. The third-order valence-electron chi connectivity index (χ3n) is 22.9. The molecule has 682 valence electrons. The van der Waals surface area contributed by atoms with Crippen LogP contribution in [0.2, 0.25) is 0 Å². The first-order valence-corrected chi connectivity index (χ1v) is 41.4. The minimum atomic E-state index is -1.68. The maximum Gasteiger partial charge on any atom is 0.328 e. The number of carbonyl (C=O) groups is 4. The number of alkyl halides is 4. The van der Waals surface area contributed by atoms with Gasteiger partial charge in [-0.2, -0.15) is 0 Å². The van der Waals surface area contributed by atoms with Gasteiger partial charge in [0.15, 0.2) is 46.4 Å². The molecule has 8 aromatic carbocycles. The molecule has 8 unspecified atom stereocenters. The third kappa shape index (κ3) is 21.4. The van der Waals surface area contributed by atoms with Crippen molar-refractivity contribution in [1.82, 2.24) is 24.6 Å². The van der Waals surface area contributed by atoms with Crippen molar-refractivity contribution in [2.24, 2.45) is 0 Å². The number of hydrogen-bond donors (Lipinski definition) is 4. The van der Waals surface area contributed by atoms with Gasteiger partial charge in [-0.05, 0) is 268 Å². The summed E-state index contributed by atoms with van der Waals surface area (Å²) in [5.41, 5.74) is -1.08. The van der Waals surface area contributed by atoms with Crippen LogP contribution in [-0.2, 0) is 44.9 Å². The first kappa shape index (κ1) is 94.4. The zero-order valence-corrected chi connectivity index (χ0v) is 72.2. The number of furan rings is 1. The van der Waals surface area contributed by atoms with Gasteiger partial charge in [-0.15, -0.1) is 0 Å². The molecule has 32 heteroatoms. The van der Waals surface area contributed by atoms with Gasteiger partial charge in [0.25, 0.3) is 0 Å². The van der Waals surface area contributed by atoms with Crippen LogP contribution < -0.4 is 18.9 Å². The number of aliphatic carboxylic acids is 4. The van der Waals surface area contributed by atoms with Gasteiger partial charge in [0.05, 0.1) is 18.1 Å². The Balaban J connectivity index is 0.000000147. The lowest BCUT2D eigenvalue weighted by Crippen LogP contribution is -2.48. The van der Waals surface area contributed by atoms with Crippen LogP contribution in [0.25, 0.3) is 46.4 Å². The predicted octanol–water partition coefficient (Wildman–Crippen LogP) is 21.1. The molecular formula is C97H94F13N5O14. The summed E-state index contributed by atoms with van der Waals surface area (Å²) < 4.78 is 229. The van der Waals surface area contributed by atoms with E-state index in [2.05, 4.69) is 4.98 Å². The molecule has 129 heavy (non-hydrogen) atoms. The number of carboxylic acid groups (broad SMARTS) is 4. The molecule has 16 rings (SSSR count). The van der Waals surface area contributed by atoms with Crippen LogP contribution >= 0.6 is 0 Å². The summed E-state index contributed by atoms with van der Waals surface area (Å²) >= 11 is 0. The molecule has 0 bridgehead atoms. The molecule has 8 heterocycles. The van der Waals surface area contributed by atoms with E-state index in [1.807, 2.05) is 39.8 Å². The van der Waals surface area contributed by atoms with Gasteiger partial charge >= 0.3 is 23.9 Å². The number of ether oxygens (including phenoxy) is 4. The number of rotatable bonds is 20. The van der Waals surface area contributed by atoms with E-state index in [1.54, 1.807) is 49.9 Å². The lowest BCUT2D eigenvalue weighted by Gasteiger charge is -2.44. The minimum Gasteiger partial charge on any atom is -0.478 e. The Morgan fingerprint density at radius 3 is 1.16 bits per heavy atom. The summed E-state index contributed by atoms with van der Waals surface area (Å²) in [7, 11) is 0. The van der Waals surface area contributed by atoms with Crippen molar-refractivity contribution in [2.45, 2.75) is 180 Å². The first-order valence-electron chi connectivity index (χ1n) is 41.4. The molecule has 0 fully saturated rings. The fourth-order valence-electron chi connectivity index (χ4n) is 17.8. The summed E-state index contributed by atoms with van der Waals surface area (Å²) in [5, 5.41) is 35.7. The van der Waals surface area contributed by atoms with E-state index in [1.165, 1.54) is 73.9 Å². The molecule has 0 aliphatic carbocycles. The number of benzene rings is 8. The van der Waals surface area contributed by atoms with Crippen LogP contribution in [0.1, 0.15) is 196 Å². The first-order chi connectivity index (χ1) is 60.6. The van der Waals surface area contributed by atoms with E-state index in [-0.39, 0.29) is 120 Å². The molecule has 10 aromatic rings. The van der Waals surface area contributed by atoms with Crippen molar-refractivity contribution in [3.05, 3.63) is 275 Å². The quantitative estimate of drug-likeness (QED) is 0.0410. The number of aromatic nitrogens is 1. The van der Waals surface area contributed by atoms with Gasteiger partial charge in [0, 0.05) is 113 Å². The van der Waals surface area contributed by atoms with Gasteiger partial charge in [-0.25, -0.2) is 81.2 Å². The largest absolute Gasteiger partial charge is 0.478 e. The number of fused-ring (bicyclic) bond motifs is 10. The summed E-state index contributed by atoms with van der Waals surface area (Å²) in [6.07, 6.45) is 11.0. The van der Waals surface area contributed by atoms with E-state index in [9.17, 15) is 41.1 Å². The molecule has 6 aliphatic rings. The van der Waals surface area contributed by atoms with Crippen molar-refractivity contribution in [3.8, 4) is 23.0 Å². The molecule has 0 saturated carbocycles. The molecule has 4 N–H and O–H groups in total. The van der Waals surface area contributed by atoms with Gasteiger partial charge < -0.3 is 48.2 Å². The van der Waals surface area contributed by atoms with Crippen molar-refractivity contribution in [1.29, 1.82) is 0 Å². The van der Waals surface area contributed by atoms with Crippen LogP contribution in [0, 0.1) is 52.4 Å². The molecule has 6 aliphatic heterocycles. The highest BCUT2D eigenvalue weighted by atomic mass is 19.2. The Labute approximate surface area is 733 Å². The fourth-order valence-corrected chi connectivity index (χ4v) is 17.8. The zero-order chi connectivity index (χ0) is 93.7. The van der Waals surface area contributed by atoms with Crippen molar-refractivity contribution in [3.63, 3.8) is 0 Å². The molecule has 0 saturated heterocycles. The lowest BCUT2D eigenvalue weighted by molar-refractivity contribution is -0.132.